The Labute approximate surface area is 167 Å². The van der Waals surface area contributed by atoms with Gasteiger partial charge in [0.25, 0.3) is 5.91 Å². The van der Waals surface area contributed by atoms with Crippen molar-refractivity contribution in [2.24, 2.45) is 0 Å². The normalized spacial score (nSPS) is 21.2. The first kappa shape index (κ1) is 20.1. The number of hydrogen-bond acceptors (Lipinski definition) is 2. The van der Waals surface area contributed by atoms with Gasteiger partial charge in [0.15, 0.2) is 6.54 Å². The molecule has 2 aromatic rings. The number of rotatable bonds is 7. The Balaban J connectivity index is 1.40. The summed E-state index contributed by atoms with van der Waals surface area (Å²) in [5, 5.41) is 5.20. The van der Waals surface area contributed by atoms with E-state index in [0.717, 1.165) is 32.7 Å². The smallest absolute Gasteiger partial charge is 0.275 e. The molecule has 27 heavy (non-hydrogen) atoms. The van der Waals surface area contributed by atoms with Gasteiger partial charge in [0.1, 0.15) is 32.7 Å². The van der Waals surface area contributed by atoms with Gasteiger partial charge in [0, 0.05) is 10.4 Å². The highest BCUT2D eigenvalue weighted by Gasteiger charge is 2.25. The Morgan fingerprint density at radius 1 is 1.04 bits per heavy atom. The molecule has 4 nitrogen and oxygen atoms in total. The zero-order valence-corrected chi connectivity index (χ0v) is 17.6. The molecule has 1 fully saturated rings. The summed E-state index contributed by atoms with van der Waals surface area (Å²) in [5.41, 5.74) is 2.83. The predicted octanol–water partition coefficient (Wildman–Crippen LogP) is 1.03. The highest BCUT2D eigenvalue weighted by Crippen LogP contribution is 2.17. The van der Waals surface area contributed by atoms with Gasteiger partial charge in [-0.25, -0.2) is 0 Å². The van der Waals surface area contributed by atoms with Crippen LogP contribution in [0.25, 0.3) is 0 Å². The summed E-state index contributed by atoms with van der Waals surface area (Å²) in [6.45, 7) is 12.6. The zero-order valence-electron chi connectivity index (χ0n) is 16.8. The summed E-state index contributed by atoms with van der Waals surface area (Å²) in [6.07, 6.45) is 0. The van der Waals surface area contributed by atoms with Gasteiger partial charge in [-0.3, -0.25) is 4.79 Å². The number of benzene rings is 1. The minimum atomic E-state index is 0.109. The summed E-state index contributed by atoms with van der Waals surface area (Å²) in [4.78, 5) is 16.6. The van der Waals surface area contributed by atoms with Crippen LogP contribution in [-0.4, -0.2) is 38.6 Å². The van der Waals surface area contributed by atoms with E-state index >= 15 is 0 Å². The van der Waals surface area contributed by atoms with Crippen molar-refractivity contribution in [3.8, 4) is 0 Å². The number of carbonyl (C=O) groups is 1. The third-order valence-corrected chi connectivity index (χ3v) is 6.58. The van der Waals surface area contributed by atoms with Crippen molar-refractivity contribution < 1.29 is 14.6 Å². The van der Waals surface area contributed by atoms with Crippen LogP contribution in [0.2, 0.25) is 0 Å². The van der Waals surface area contributed by atoms with Gasteiger partial charge in [0.05, 0.1) is 6.04 Å². The molecule has 5 heteroatoms. The van der Waals surface area contributed by atoms with Crippen molar-refractivity contribution in [2.45, 2.75) is 39.3 Å². The molecule has 0 unspecified atom stereocenters. The number of carbonyl (C=O) groups excluding carboxylic acids is 1. The molecular weight excluding hydrogens is 354 g/mol. The summed E-state index contributed by atoms with van der Waals surface area (Å²) in [6, 6.07) is 13.3. The van der Waals surface area contributed by atoms with Crippen molar-refractivity contribution in [2.75, 3.05) is 32.7 Å². The van der Waals surface area contributed by atoms with Crippen molar-refractivity contribution in [3.05, 3.63) is 57.8 Å². The number of amides is 1. The van der Waals surface area contributed by atoms with Crippen LogP contribution in [0.1, 0.15) is 48.7 Å². The first-order valence-corrected chi connectivity index (χ1v) is 11.0. The number of quaternary nitrogens is 2. The summed E-state index contributed by atoms with van der Waals surface area (Å²) >= 11 is 1.70. The second-order valence-corrected chi connectivity index (χ2v) is 9.03. The molecule has 1 aliphatic heterocycles. The fourth-order valence-electron chi connectivity index (χ4n) is 3.75. The van der Waals surface area contributed by atoms with E-state index in [4.69, 9.17) is 0 Å². The highest BCUT2D eigenvalue weighted by atomic mass is 32.1. The molecule has 1 atom stereocenters. The van der Waals surface area contributed by atoms with Crippen LogP contribution in [0.15, 0.2) is 41.8 Å². The van der Waals surface area contributed by atoms with Gasteiger partial charge in [-0.2, -0.15) is 0 Å². The average molecular weight is 388 g/mol. The Hall–Kier alpha value is -1.69. The van der Waals surface area contributed by atoms with Crippen molar-refractivity contribution >= 4 is 17.2 Å². The molecule has 0 bridgehead atoms. The van der Waals surface area contributed by atoms with Crippen LogP contribution in [0.5, 0.6) is 0 Å². The summed E-state index contributed by atoms with van der Waals surface area (Å²) in [5.74, 6) is 0.755. The van der Waals surface area contributed by atoms with Gasteiger partial charge in [-0.05, 0) is 29.9 Å². The largest absolute Gasteiger partial charge is 0.344 e. The number of thiophene rings is 1. The van der Waals surface area contributed by atoms with Crippen LogP contribution in [0.3, 0.4) is 0 Å². The number of nitrogens with one attached hydrogen (secondary N) is 3. The van der Waals surface area contributed by atoms with Crippen molar-refractivity contribution in [1.82, 2.24) is 5.32 Å². The van der Waals surface area contributed by atoms with E-state index in [-0.39, 0.29) is 11.9 Å². The third kappa shape index (κ3) is 5.89. The Bertz CT molecular complexity index is 704. The topological polar surface area (TPSA) is 38.0 Å². The van der Waals surface area contributed by atoms with Gasteiger partial charge in [-0.15, -0.1) is 11.3 Å². The fraction of sp³-hybridized carbons (Fsp3) is 0.500. The molecule has 1 aromatic carbocycles. The minimum Gasteiger partial charge on any atom is -0.344 e. The monoisotopic (exact) mass is 387 g/mol. The SMILES string of the molecule is CC(C)c1ccc(C[NH+]2CC[NH+](CC(=O)N[C@@H](C)c3cccs3)CC2)cc1. The van der Waals surface area contributed by atoms with Crippen LogP contribution >= 0.6 is 11.3 Å². The van der Waals surface area contributed by atoms with E-state index in [1.807, 2.05) is 6.07 Å². The van der Waals surface area contributed by atoms with Gasteiger partial charge >= 0.3 is 0 Å². The molecule has 1 saturated heterocycles. The molecular formula is C22H33N3OS+2. The maximum Gasteiger partial charge on any atom is 0.275 e. The first-order chi connectivity index (χ1) is 13.0. The molecule has 2 heterocycles. The highest BCUT2D eigenvalue weighted by molar-refractivity contribution is 7.10. The Kier molecular flexibility index (Phi) is 7.05. The molecule has 146 valence electrons. The molecule has 3 rings (SSSR count). The fourth-order valence-corrected chi connectivity index (χ4v) is 4.48. The van der Waals surface area contributed by atoms with Crippen molar-refractivity contribution in [3.63, 3.8) is 0 Å². The lowest BCUT2D eigenvalue weighted by Gasteiger charge is -2.29. The lowest BCUT2D eigenvalue weighted by atomic mass is 10.0. The molecule has 1 amide bonds. The molecule has 1 aliphatic rings. The maximum absolute atomic E-state index is 12.3. The van der Waals surface area contributed by atoms with E-state index in [9.17, 15) is 4.79 Å². The van der Waals surface area contributed by atoms with Crippen LogP contribution in [-0.2, 0) is 11.3 Å². The first-order valence-electron chi connectivity index (χ1n) is 10.1. The quantitative estimate of drug-likeness (QED) is 0.652. The second kappa shape index (κ2) is 9.49. The van der Waals surface area contributed by atoms with Crippen LogP contribution in [0, 0.1) is 0 Å². The maximum atomic E-state index is 12.3. The minimum absolute atomic E-state index is 0.109. The van der Waals surface area contributed by atoms with Crippen LogP contribution in [0.4, 0.5) is 0 Å². The lowest BCUT2D eigenvalue weighted by Crippen LogP contribution is -3.28. The van der Waals surface area contributed by atoms with Gasteiger partial charge < -0.3 is 15.1 Å². The van der Waals surface area contributed by atoms with E-state index in [0.29, 0.717) is 12.5 Å². The predicted molar refractivity (Wildman–Crippen MR) is 111 cm³/mol. The molecule has 1 aromatic heterocycles. The van der Waals surface area contributed by atoms with E-state index in [1.54, 1.807) is 16.2 Å². The van der Waals surface area contributed by atoms with E-state index in [2.05, 4.69) is 61.8 Å². The molecule has 0 saturated carbocycles. The molecule has 0 radical (unpaired) electrons. The number of hydrogen-bond donors (Lipinski definition) is 3. The van der Waals surface area contributed by atoms with Crippen molar-refractivity contribution in [1.29, 1.82) is 0 Å². The lowest BCUT2D eigenvalue weighted by molar-refractivity contribution is -1.02. The standard InChI is InChI=1S/C22H31N3OS/c1-17(2)20-8-6-19(7-9-20)15-24-10-12-25(13-11-24)16-22(26)23-18(3)21-5-4-14-27-21/h4-9,14,17-18H,10-13,15-16H2,1-3H3,(H,23,26)/p+2/t18-/m0/s1. The second-order valence-electron chi connectivity index (χ2n) is 8.05. The summed E-state index contributed by atoms with van der Waals surface area (Å²) < 4.78 is 0. The molecule has 3 N–H and O–H groups in total. The summed E-state index contributed by atoms with van der Waals surface area (Å²) in [7, 11) is 0. The number of piperazine rings is 1. The van der Waals surface area contributed by atoms with Crippen LogP contribution < -0.4 is 15.1 Å². The molecule has 0 aliphatic carbocycles. The Morgan fingerprint density at radius 3 is 2.30 bits per heavy atom. The zero-order chi connectivity index (χ0) is 19.2. The van der Waals surface area contributed by atoms with Gasteiger partial charge in [-0.1, -0.05) is 44.2 Å². The third-order valence-electron chi connectivity index (χ3n) is 5.52. The van der Waals surface area contributed by atoms with E-state index in [1.165, 1.54) is 20.9 Å². The van der Waals surface area contributed by atoms with Gasteiger partial charge in [0.2, 0.25) is 0 Å². The molecule has 0 spiro atoms. The van der Waals surface area contributed by atoms with E-state index < -0.39 is 0 Å². The Morgan fingerprint density at radius 2 is 1.70 bits per heavy atom. The average Bonchev–Trinajstić information content (AvgIpc) is 3.18.